The highest BCUT2D eigenvalue weighted by Gasteiger charge is 2.17. The van der Waals surface area contributed by atoms with E-state index in [-0.39, 0.29) is 6.04 Å². The van der Waals surface area contributed by atoms with Gasteiger partial charge in [-0.25, -0.2) is 5.43 Å². The molecule has 102 valence electrons. The van der Waals surface area contributed by atoms with E-state index in [1.54, 1.807) is 6.26 Å². The van der Waals surface area contributed by atoms with Crippen molar-refractivity contribution in [3.63, 3.8) is 0 Å². The van der Waals surface area contributed by atoms with Gasteiger partial charge in [0, 0.05) is 16.6 Å². The average Bonchev–Trinajstić information content (AvgIpc) is 2.86. The molecule has 0 spiro atoms. The lowest BCUT2D eigenvalue weighted by atomic mass is 9.98. The zero-order valence-corrected chi connectivity index (χ0v) is 11.6. The second-order valence-corrected chi connectivity index (χ2v) is 4.94. The molecule has 2 heterocycles. The summed E-state index contributed by atoms with van der Waals surface area (Å²) in [6.45, 7) is 3.93. The summed E-state index contributed by atoms with van der Waals surface area (Å²) in [6.07, 6.45) is 1.68. The third kappa shape index (κ3) is 2.19. The standard InChI is InChI=1S/C16H17N3O/c1-10-3-4-12-9-13(5-6-15(12)18-10)16(19-17)14-7-8-20-11(14)2/h3-9,16,19H,17H2,1-2H3. The zero-order valence-electron chi connectivity index (χ0n) is 11.6. The van der Waals surface area contributed by atoms with E-state index in [0.717, 1.165) is 33.5 Å². The van der Waals surface area contributed by atoms with E-state index in [0.29, 0.717) is 0 Å². The number of benzene rings is 1. The Morgan fingerprint density at radius 1 is 1.15 bits per heavy atom. The van der Waals surface area contributed by atoms with Gasteiger partial charge in [0.1, 0.15) is 5.76 Å². The molecule has 1 aromatic carbocycles. The van der Waals surface area contributed by atoms with Gasteiger partial charge in [-0.15, -0.1) is 0 Å². The fourth-order valence-electron chi connectivity index (χ4n) is 2.49. The van der Waals surface area contributed by atoms with Gasteiger partial charge in [-0.2, -0.15) is 0 Å². The van der Waals surface area contributed by atoms with Crippen molar-refractivity contribution in [2.75, 3.05) is 0 Å². The number of pyridine rings is 1. The molecule has 3 rings (SSSR count). The third-order valence-corrected chi connectivity index (χ3v) is 3.56. The molecule has 3 aromatic rings. The number of aromatic nitrogens is 1. The predicted octanol–water partition coefficient (Wildman–Crippen LogP) is 3.00. The van der Waals surface area contributed by atoms with Crippen LogP contribution in [0.15, 0.2) is 47.1 Å². The molecular weight excluding hydrogens is 250 g/mol. The summed E-state index contributed by atoms with van der Waals surface area (Å²) < 4.78 is 5.36. The highest BCUT2D eigenvalue weighted by molar-refractivity contribution is 5.79. The Morgan fingerprint density at radius 2 is 2.00 bits per heavy atom. The summed E-state index contributed by atoms with van der Waals surface area (Å²) in [5.41, 5.74) is 7.01. The van der Waals surface area contributed by atoms with E-state index >= 15 is 0 Å². The summed E-state index contributed by atoms with van der Waals surface area (Å²) in [4.78, 5) is 4.51. The fourth-order valence-corrected chi connectivity index (χ4v) is 2.49. The Labute approximate surface area is 117 Å². The van der Waals surface area contributed by atoms with Gasteiger partial charge < -0.3 is 4.42 Å². The fraction of sp³-hybridized carbons (Fsp3) is 0.188. The first-order chi connectivity index (χ1) is 9.69. The van der Waals surface area contributed by atoms with Crippen molar-refractivity contribution in [3.8, 4) is 0 Å². The Bertz CT molecular complexity index is 748. The van der Waals surface area contributed by atoms with Gasteiger partial charge in [0.15, 0.2) is 0 Å². The second-order valence-electron chi connectivity index (χ2n) is 4.94. The summed E-state index contributed by atoms with van der Waals surface area (Å²) in [5, 5.41) is 1.11. The SMILES string of the molecule is Cc1ccc2cc(C(NN)c3ccoc3C)ccc2n1. The lowest BCUT2D eigenvalue weighted by molar-refractivity contribution is 0.520. The summed E-state index contributed by atoms with van der Waals surface area (Å²) in [6, 6.07) is 12.1. The number of hydrazine groups is 1. The summed E-state index contributed by atoms with van der Waals surface area (Å²) >= 11 is 0. The number of furan rings is 1. The summed E-state index contributed by atoms with van der Waals surface area (Å²) in [7, 11) is 0. The number of hydrogen-bond acceptors (Lipinski definition) is 4. The van der Waals surface area contributed by atoms with E-state index in [1.165, 1.54) is 0 Å². The van der Waals surface area contributed by atoms with Gasteiger partial charge in [-0.1, -0.05) is 12.1 Å². The van der Waals surface area contributed by atoms with Crippen molar-refractivity contribution in [3.05, 3.63) is 65.2 Å². The Morgan fingerprint density at radius 3 is 2.70 bits per heavy atom. The number of aryl methyl sites for hydroxylation is 2. The minimum absolute atomic E-state index is 0.0838. The van der Waals surface area contributed by atoms with Crippen LogP contribution in [-0.2, 0) is 0 Å². The van der Waals surface area contributed by atoms with Crippen LogP contribution in [0.25, 0.3) is 10.9 Å². The van der Waals surface area contributed by atoms with Crippen molar-refractivity contribution in [1.82, 2.24) is 10.4 Å². The van der Waals surface area contributed by atoms with Gasteiger partial charge in [0.25, 0.3) is 0 Å². The van der Waals surface area contributed by atoms with Gasteiger partial charge in [0.05, 0.1) is 17.8 Å². The Balaban J connectivity index is 2.08. The second kappa shape index (κ2) is 5.07. The molecule has 4 nitrogen and oxygen atoms in total. The van der Waals surface area contributed by atoms with Crippen molar-refractivity contribution in [1.29, 1.82) is 0 Å². The van der Waals surface area contributed by atoms with Crippen LogP contribution in [0.1, 0.15) is 28.6 Å². The molecule has 0 amide bonds. The Kier molecular flexibility index (Phi) is 3.26. The monoisotopic (exact) mass is 267 g/mol. The van der Waals surface area contributed by atoms with Crippen LogP contribution in [0.2, 0.25) is 0 Å². The van der Waals surface area contributed by atoms with Crippen molar-refractivity contribution in [2.24, 2.45) is 5.84 Å². The van der Waals surface area contributed by atoms with Crippen molar-refractivity contribution in [2.45, 2.75) is 19.9 Å². The molecule has 0 radical (unpaired) electrons. The first kappa shape index (κ1) is 12.8. The molecule has 2 aromatic heterocycles. The van der Waals surface area contributed by atoms with Crippen molar-refractivity contribution >= 4 is 10.9 Å². The van der Waals surface area contributed by atoms with Crippen LogP contribution in [0.3, 0.4) is 0 Å². The molecule has 0 saturated carbocycles. The number of rotatable bonds is 3. The highest BCUT2D eigenvalue weighted by atomic mass is 16.3. The first-order valence-electron chi connectivity index (χ1n) is 6.56. The lowest BCUT2D eigenvalue weighted by Gasteiger charge is -2.16. The molecule has 0 bridgehead atoms. The normalized spacial score (nSPS) is 12.8. The molecule has 0 aliphatic heterocycles. The van der Waals surface area contributed by atoms with Crippen LogP contribution in [-0.4, -0.2) is 4.98 Å². The molecule has 4 heteroatoms. The smallest absolute Gasteiger partial charge is 0.105 e. The number of fused-ring (bicyclic) bond motifs is 1. The molecular formula is C16H17N3O. The molecule has 1 atom stereocenters. The number of nitrogens with one attached hydrogen (secondary N) is 1. The maximum absolute atomic E-state index is 5.73. The number of nitrogens with two attached hydrogens (primary N) is 1. The highest BCUT2D eigenvalue weighted by Crippen LogP contribution is 2.27. The minimum Gasteiger partial charge on any atom is -0.469 e. The maximum Gasteiger partial charge on any atom is 0.105 e. The average molecular weight is 267 g/mol. The molecule has 0 aliphatic carbocycles. The van der Waals surface area contributed by atoms with Gasteiger partial charge in [-0.3, -0.25) is 10.8 Å². The quantitative estimate of drug-likeness (QED) is 0.565. The van der Waals surface area contributed by atoms with Crippen molar-refractivity contribution < 1.29 is 4.42 Å². The van der Waals surface area contributed by atoms with E-state index < -0.39 is 0 Å². The van der Waals surface area contributed by atoms with E-state index in [4.69, 9.17) is 10.3 Å². The topological polar surface area (TPSA) is 64.1 Å². The van der Waals surface area contributed by atoms with Crippen LogP contribution in [0.4, 0.5) is 0 Å². The van der Waals surface area contributed by atoms with Crippen LogP contribution in [0, 0.1) is 13.8 Å². The summed E-state index contributed by atoms with van der Waals surface area (Å²) in [5.74, 6) is 6.60. The van der Waals surface area contributed by atoms with Crippen LogP contribution < -0.4 is 11.3 Å². The van der Waals surface area contributed by atoms with Gasteiger partial charge in [-0.05, 0) is 43.7 Å². The largest absolute Gasteiger partial charge is 0.469 e. The van der Waals surface area contributed by atoms with Gasteiger partial charge in [0.2, 0.25) is 0 Å². The first-order valence-corrected chi connectivity index (χ1v) is 6.56. The zero-order chi connectivity index (χ0) is 14.1. The van der Waals surface area contributed by atoms with E-state index in [9.17, 15) is 0 Å². The molecule has 0 saturated heterocycles. The molecule has 20 heavy (non-hydrogen) atoms. The van der Waals surface area contributed by atoms with Crippen LogP contribution >= 0.6 is 0 Å². The molecule has 0 aliphatic rings. The molecule has 1 unspecified atom stereocenters. The minimum atomic E-state index is -0.0838. The predicted molar refractivity (Wildman–Crippen MR) is 79.1 cm³/mol. The number of nitrogens with zero attached hydrogens (tertiary/aromatic N) is 1. The van der Waals surface area contributed by atoms with Gasteiger partial charge >= 0.3 is 0 Å². The Hall–Kier alpha value is -2.17. The number of hydrogen-bond donors (Lipinski definition) is 2. The third-order valence-electron chi connectivity index (χ3n) is 3.56. The molecule has 3 N–H and O–H groups in total. The molecule has 0 fully saturated rings. The van der Waals surface area contributed by atoms with Crippen LogP contribution in [0.5, 0.6) is 0 Å². The van der Waals surface area contributed by atoms with E-state index in [2.05, 4.69) is 22.5 Å². The van der Waals surface area contributed by atoms with E-state index in [1.807, 2.05) is 38.1 Å². The lowest BCUT2D eigenvalue weighted by Crippen LogP contribution is -2.29. The maximum atomic E-state index is 5.73.